The fourth-order valence-electron chi connectivity index (χ4n) is 2.87. The number of ether oxygens (including phenoxy) is 1. The van der Waals surface area contributed by atoms with Crippen LogP contribution in [-0.4, -0.2) is 30.8 Å². The van der Waals surface area contributed by atoms with Gasteiger partial charge in [-0.2, -0.15) is 0 Å². The van der Waals surface area contributed by atoms with Crippen LogP contribution >= 0.6 is 0 Å². The van der Waals surface area contributed by atoms with E-state index in [1.807, 2.05) is 20.8 Å². The molecule has 1 fully saturated rings. The molecule has 0 saturated heterocycles. The summed E-state index contributed by atoms with van der Waals surface area (Å²) in [6, 6.07) is 0.596. The molecule has 0 aliphatic heterocycles. The Balaban J connectivity index is 2.12. The van der Waals surface area contributed by atoms with Crippen molar-refractivity contribution in [2.45, 2.75) is 65.5 Å². The lowest BCUT2D eigenvalue weighted by Crippen LogP contribution is -2.41. The number of hydrogen-bond donors (Lipinski definition) is 2. The van der Waals surface area contributed by atoms with Gasteiger partial charge in [0.25, 0.3) is 0 Å². The Morgan fingerprint density at radius 1 is 1.11 bits per heavy atom. The van der Waals surface area contributed by atoms with Gasteiger partial charge in [0.05, 0.1) is 0 Å². The molecule has 1 rings (SSSR count). The van der Waals surface area contributed by atoms with Gasteiger partial charge in [-0.15, -0.1) is 0 Å². The lowest BCUT2D eigenvalue weighted by Gasteiger charge is -2.32. The van der Waals surface area contributed by atoms with E-state index in [9.17, 15) is 4.79 Å². The van der Waals surface area contributed by atoms with Crippen LogP contribution in [-0.2, 0) is 4.74 Å². The largest absolute Gasteiger partial charge is 0.444 e. The zero-order valence-corrected chi connectivity index (χ0v) is 13.1. The summed E-state index contributed by atoms with van der Waals surface area (Å²) >= 11 is 0. The van der Waals surface area contributed by atoms with E-state index in [1.165, 1.54) is 19.3 Å². The summed E-state index contributed by atoms with van der Waals surface area (Å²) in [5.74, 6) is 1.61. The Morgan fingerprint density at radius 2 is 1.68 bits per heavy atom. The molecule has 1 saturated carbocycles. The van der Waals surface area contributed by atoms with Crippen LogP contribution in [0.2, 0.25) is 0 Å². The first-order chi connectivity index (χ1) is 8.76. The predicted molar refractivity (Wildman–Crippen MR) is 78.2 cm³/mol. The number of nitrogens with one attached hydrogen (secondary N) is 2. The third kappa shape index (κ3) is 7.41. The molecule has 1 amide bonds. The number of hydrogen-bond acceptors (Lipinski definition) is 3. The fourth-order valence-corrected chi connectivity index (χ4v) is 2.87. The molecule has 0 aromatic heterocycles. The summed E-state index contributed by atoms with van der Waals surface area (Å²) in [4.78, 5) is 11.5. The van der Waals surface area contributed by atoms with E-state index in [4.69, 9.17) is 4.74 Å². The minimum Gasteiger partial charge on any atom is -0.444 e. The summed E-state index contributed by atoms with van der Waals surface area (Å²) < 4.78 is 5.19. The molecule has 2 atom stereocenters. The molecule has 1 aliphatic carbocycles. The van der Waals surface area contributed by atoms with Gasteiger partial charge >= 0.3 is 6.09 Å². The molecule has 2 unspecified atom stereocenters. The Labute approximate surface area is 117 Å². The van der Waals surface area contributed by atoms with Crippen molar-refractivity contribution in [1.29, 1.82) is 0 Å². The van der Waals surface area contributed by atoms with Crippen molar-refractivity contribution in [1.82, 2.24) is 10.6 Å². The van der Waals surface area contributed by atoms with E-state index in [0.717, 1.165) is 18.4 Å². The molecular formula is C15H30N2O2. The normalized spacial score (nSPS) is 27.9. The maximum atomic E-state index is 11.5. The Bertz CT molecular complexity index is 276. The molecule has 0 bridgehead atoms. The van der Waals surface area contributed by atoms with Gasteiger partial charge in [-0.1, -0.05) is 13.8 Å². The van der Waals surface area contributed by atoms with E-state index in [2.05, 4.69) is 24.5 Å². The lowest BCUT2D eigenvalue weighted by atomic mass is 9.80. The molecule has 4 nitrogen and oxygen atoms in total. The van der Waals surface area contributed by atoms with E-state index < -0.39 is 5.60 Å². The summed E-state index contributed by atoms with van der Waals surface area (Å²) in [7, 11) is 0. The summed E-state index contributed by atoms with van der Waals surface area (Å²) in [5, 5.41) is 6.31. The van der Waals surface area contributed by atoms with Gasteiger partial charge in [-0.3, -0.25) is 0 Å². The van der Waals surface area contributed by atoms with Crippen LogP contribution in [0.15, 0.2) is 0 Å². The summed E-state index contributed by atoms with van der Waals surface area (Å²) in [6.07, 6.45) is 3.50. The lowest BCUT2D eigenvalue weighted by molar-refractivity contribution is 0.0527. The average molecular weight is 270 g/mol. The first kappa shape index (κ1) is 16.3. The molecule has 0 radical (unpaired) electrons. The molecule has 0 aromatic carbocycles. The van der Waals surface area contributed by atoms with Crippen molar-refractivity contribution < 1.29 is 9.53 Å². The van der Waals surface area contributed by atoms with Crippen molar-refractivity contribution >= 4 is 6.09 Å². The molecule has 19 heavy (non-hydrogen) atoms. The van der Waals surface area contributed by atoms with Crippen LogP contribution in [0, 0.1) is 11.8 Å². The summed E-state index contributed by atoms with van der Waals surface area (Å²) in [5.41, 5.74) is -0.425. The first-order valence-corrected chi connectivity index (χ1v) is 7.46. The maximum absolute atomic E-state index is 11.5. The standard InChI is InChI=1S/C15H30N2O2/c1-11-8-12(2)10-13(9-11)16-6-7-17-14(18)19-15(3,4)5/h11-13,16H,6-10H2,1-5H3,(H,17,18). The van der Waals surface area contributed by atoms with E-state index >= 15 is 0 Å². The Kier molecular flexibility index (Phi) is 6.11. The highest BCUT2D eigenvalue weighted by Crippen LogP contribution is 2.28. The second-order valence-corrected chi connectivity index (χ2v) is 7.00. The number of amides is 1. The van der Waals surface area contributed by atoms with Crippen molar-refractivity contribution in [3.05, 3.63) is 0 Å². The molecule has 2 N–H and O–H groups in total. The Morgan fingerprint density at radius 3 is 2.21 bits per heavy atom. The number of carbonyl (C=O) groups is 1. The monoisotopic (exact) mass is 270 g/mol. The molecule has 0 heterocycles. The van der Waals surface area contributed by atoms with Gasteiger partial charge in [0.1, 0.15) is 5.60 Å². The van der Waals surface area contributed by atoms with E-state index in [0.29, 0.717) is 12.6 Å². The first-order valence-electron chi connectivity index (χ1n) is 7.46. The van der Waals surface area contributed by atoms with Crippen molar-refractivity contribution in [3.8, 4) is 0 Å². The third-order valence-electron chi connectivity index (χ3n) is 3.40. The highest BCUT2D eigenvalue weighted by atomic mass is 16.6. The molecule has 4 heteroatoms. The molecule has 0 aromatic rings. The molecule has 0 spiro atoms. The van der Waals surface area contributed by atoms with Crippen LogP contribution in [0.4, 0.5) is 4.79 Å². The molecule has 112 valence electrons. The van der Waals surface area contributed by atoms with Crippen molar-refractivity contribution in [3.63, 3.8) is 0 Å². The van der Waals surface area contributed by atoms with Crippen LogP contribution in [0.5, 0.6) is 0 Å². The summed E-state index contributed by atoms with van der Waals surface area (Å²) in [6.45, 7) is 11.7. The predicted octanol–water partition coefficient (Wildman–Crippen LogP) is 2.93. The smallest absolute Gasteiger partial charge is 0.407 e. The zero-order chi connectivity index (χ0) is 14.5. The highest BCUT2D eigenvalue weighted by Gasteiger charge is 2.23. The molecule has 1 aliphatic rings. The van der Waals surface area contributed by atoms with Gasteiger partial charge in [-0.25, -0.2) is 4.79 Å². The highest BCUT2D eigenvalue weighted by molar-refractivity contribution is 5.67. The van der Waals surface area contributed by atoms with Gasteiger partial charge < -0.3 is 15.4 Å². The quantitative estimate of drug-likeness (QED) is 0.772. The van der Waals surface area contributed by atoms with Crippen LogP contribution in [0.3, 0.4) is 0 Å². The second kappa shape index (κ2) is 7.13. The topological polar surface area (TPSA) is 50.4 Å². The number of rotatable bonds is 4. The van der Waals surface area contributed by atoms with Gasteiger partial charge in [0.15, 0.2) is 0 Å². The number of alkyl carbamates (subject to hydrolysis) is 1. The minimum atomic E-state index is -0.425. The average Bonchev–Trinajstić information content (AvgIpc) is 2.20. The number of carbonyl (C=O) groups excluding carboxylic acids is 1. The Hall–Kier alpha value is -0.770. The zero-order valence-electron chi connectivity index (χ0n) is 13.1. The van der Waals surface area contributed by atoms with Crippen molar-refractivity contribution in [2.24, 2.45) is 11.8 Å². The van der Waals surface area contributed by atoms with Crippen LogP contribution in [0.1, 0.15) is 53.9 Å². The van der Waals surface area contributed by atoms with E-state index in [-0.39, 0.29) is 6.09 Å². The third-order valence-corrected chi connectivity index (χ3v) is 3.40. The SMILES string of the molecule is CC1CC(C)CC(NCCNC(=O)OC(C)(C)C)C1. The van der Waals surface area contributed by atoms with E-state index in [1.54, 1.807) is 0 Å². The second-order valence-electron chi connectivity index (χ2n) is 7.00. The fraction of sp³-hybridized carbons (Fsp3) is 0.933. The van der Waals surface area contributed by atoms with Crippen LogP contribution in [0.25, 0.3) is 0 Å². The van der Waals surface area contributed by atoms with Gasteiger partial charge in [0.2, 0.25) is 0 Å². The minimum absolute atomic E-state index is 0.334. The van der Waals surface area contributed by atoms with Crippen LogP contribution < -0.4 is 10.6 Å². The van der Waals surface area contributed by atoms with Crippen molar-refractivity contribution in [2.75, 3.05) is 13.1 Å². The maximum Gasteiger partial charge on any atom is 0.407 e. The van der Waals surface area contributed by atoms with Gasteiger partial charge in [0, 0.05) is 19.1 Å². The molecular weight excluding hydrogens is 240 g/mol. The van der Waals surface area contributed by atoms with Gasteiger partial charge in [-0.05, 0) is 51.9 Å².